The highest BCUT2D eigenvalue weighted by atomic mass is 35.5. The number of aliphatic hydroxyl groups excluding tert-OH is 3. The molecule has 0 radical (unpaired) electrons. The fourth-order valence-electron chi connectivity index (χ4n) is 4.51. The molecule has 1 saturated heterocycles. The number of ether oxygens (including phenoxy) is 3. The van der Waals surface area contributed by atoms with Crippen LogP contribution in [0.25, 0.3) is 11.0 Å². The molecule has 0 bridgehead atoms. The number of fused-ring (bicyclic) bond motifs is 1. The van der Waals surface area contributed by atoms with Crippen molar-refractivity contribution in [3.63, 3.8) is 0 Å². The number of nitrogens with one attached hydrogen (secondary N) is 1. The fraction of sp³-hybridized carbons (Fsp3) is 0.700. The van der Waals surface area contributed by atoms with Gasteiger partial charge in [-0.2, -0.15) is 5.10 Å². The second-order valence-corrected chi connectivity index (χ2v) is 11.2. The number of anilines is 1. The summed E-state index contributed by atoms with van der Waals surface area (Å²) in [6.45, 7) is -2.19. The van der Waals surface area contributed by atoms with E-state index in [0.29, 0.717) is 17.1 Å². The Kier molecular flexibility index (Phi) is 8.04. The summed E-state index contributed by atoms with van der Waals surface area (Å²) in [5.74, 6) is 0. The third kappa shape index (κ3) is 5.21. The van der Waals surface area contributed by atoms with E-state index in [2.05, 4.69) is 15.4 Å². The number of methoxy groups -OCH3 is 1. The Bertz CT molecular complexity index is 1080. The number of hydrogen-bond acceptors (Lipinski definition) is 10. The molecule has 2 aromatic rings. The first-order valence-electron chi connectivity index (χ1n) is 11.2. The molecular formula is C20H30ClN4O9P. The lowest BCUT2D eigenvalue weighted by Gasteiger charge is -2.32. The first kappa shape index (κ1) is 26.7. The SMILES string of the molecule is COCC(CO)(OC[C@H]1O[C@@H](n2ncc3c(NC4CCCC4)cc(Cl)nc32)[C@H](O)[C@@H]1O)P(=O)(O)O. The number of hydrogen-bond donors (Lipinski definition) is 6. The second-order valence-electron chi connectivity index (χ2n) is 8.88. The summed E-state index contributed by atoms with van der Waals surface area (Å²) < 4.78 is 29.2. The Morgan fingerprint density at radius 2 is 2.03 bits per heavy atom. The molecule has 4 rings (SSSR count). The summed E-state index contributed by atoms with van der Waals surface area (Å²) in [4.78, 5) is 23.7. The van der Waals surface area contributed by atoms with Gasteiger partial charge in [0.1, 0.15) is 23.5 Å². The summed E-state index contributed by atoms with van der Waals surface area (Å²) in [7, 11) is -3.79. The standard InChI is InChI=1S/C20H30ClN4O9P/c1-32-10-20(9-26,35(29,30)31)33-8-14-16(27)17(28)19(34-14)25-18-12(7-22-25)13(6-15(21)24-18)23-11-4-2-3-5-11/h6-7,11,14,16-17,19,26-28H,2-5,8-10H2,1H3,(H,23,24)(H2,29,30,31)/t14-,16-,17-,19-,20?/m1/s1. The molecular weight excluding hydrogens is 507 g/mol. The number of aromatic nitrogens is 3. The number of pyridine rings is 1. The highest BCUT2D eigenvalue weighted by Crippen LogP contribution is 2.51. The molecule has 2 aliphatic rings. The van der Waals surface area contributed by atoms with Crippen LogP contribution < -0.4 is 5.32 Å². The molecule has 0 spiro atoms. The van der Waals surface area contributed by atoms with E-state index in [9.17, 15) is 29.7 Å². The van der Waals surface area contributed by atoms with E-state index >= 15 is 0 Å². The lowest BCUT2D eigenvalue weighted by Crippen LogP contribution is -2.44. The second kappa shape index (κ2) is 10.5. The van der Waals surface area contributed by atoms with E-state index in [0.717, 1.165) is 31.4 Å². The molecule has 2 aromatic heterocycles. The van der Waals surface area contributed by atoms with Gasteiger partial charge in [0.2, 0.25) is 5.34 Å². The minimum Gasteiger partial charge on any atom is -0.393 e. The van der Waals surface area contributed by atoms with E-state index in [1.807, 2.05) is 0 Å². The zero-order valence-electron chi connectivity index (χ0n) is 19.0. The van der Waals surface area contributed by atoms with Crippen LogP contribution in [-0.2, 0) is 18.8 Å². The van der Waals surface area contributed by atoms with E-state index < -0.39 is 57.3 Å². The Balaban J connectivity index is 1.56. The van der Waals surface area contributed by atoms with Crippen molar-refractivity contribution >= 4 is 35.9 Å². The van der Waals surface area contributed by atoms with Crippen molar-refractivity contribution in [2.45, 2.75) is 61.6 Å². The van der Waals surface area contributed by atoms with Gasteiger partial charge in [-0.1, -0.05) is 24.4 Å². The van der Waals surface area contributed by atoms with E-state index in [-0.39, 0.29) is 5.15 Å². The van der Waals surface area contributed by atoms with Crippen molar-refractivity contribution < 1.29 is 43.9 Å². The minimum absolute atomic E-state index is 0.210. The predicted octanol–water partition coefficient (Wildman–Crippen LogP) is 0.588. The molecule has 0 aromatic carbocycles. The van der Waals surface area contributed by atoms with Gasteiger partial charge >= 0.3 is 7.60 Å². The number of nitrogens with zero attached hydrogens (tertiary/aromatic N) is 3. The van der Waals surface area contributed by atoms with Crippen molar-refractivity contribution in [2.24, 2.45) is 0 Å². The van der Waals surface area contributed by atoms with Crippen LogP contribution in [0.2, 0.25) is 5.15 Å². The predicted molar refractivity (Wildman–Crippen MR) is 124 cm³/mol. The molecule has 35 heavy (non-hydrogen) atoms. The van der Waals surface area contributed by atoms with Gasteiger partial charge in [-0.25, -0.2) is 9.67 Å². The zero-order valence-corrected chi connectivity index (χ0v) is 20.7. The molecule has 196 valence electrons. The highest BCUT2D eigenvalue weighted by Gasteiger charge is 2.51. The third-order valence-electron chi connectivity index (χ3n) is 6.49. The molecule has 3 heterocycles. The van der Waals surface area contributed by atoms with Crippen LogP contribution in [0.15, 0.2) is 12.3 Å². The highest BCUT2D eigenvalue weighted by molar-refractivity contribution is 7.53. The van der Waals surface area contributed by atoms with Crippen LogP contribution in [-0.4, -0.2) is 96.5 Å². The Morgan fingerprint density at radius 1 is 1.31 bits per heavy atom. The maximum Gasteiger partial charge on any atom is 0.361 e. The normalized spacial score (nSPS) is 27.5. The van der Waals surface area contributed by atoms with Gasteiger partial charge in [-0.05, 0) is 18.9 Å². The van der Waals surface area contributed by atoms with Gasteiger partial charge in [-0.3, -0.25) is 4.57 Å². The number of aliphatic hydroxyl groups is 3. The largest absolute Gasteiger partial charge is 0.393 e. The average Bonchev–Trinajstić information content (AvgIpc) is 3.52. The molecule has 6 N–H and O–H groups in total. The van der Waals surface area contributed by atoms with Crippen molar-refractivity contribution in [3.8, 4) is 0 Å². The molecule has 2 fully saturated rings. The smallest absolute Gasteiger partial charge is 0.361 e. The molecule has 1 unspecified atom stereocenters. The van der Waals surface area contributed by atoms with Gasteiger partial charge in [0.05, 0.1) is 37.1 Å². The summed E-state index contributed by atoms with van der Waals surface area (Å²) in [6.07, 6.45) is 0.623. The van der Waals surface area contributed by atoms with Crippen LogP contribution >= 0.6 is 19.2 Å². The fourth-order valence-corrected chi connectivity index (χ4v) is 5.42. The third-order valence-corrected chi connectivity index (χ3v) is 8.15. The van der Waals surface area contributed by atoms with Crippen LogP contribution in [0.4, 0.5) is 5.69 Å². The van der Waals surface area contributed by atoms with Gasteiger partial charge in [-0.15, -0.1) is 0 Å². The number of rotatable bonds is 10. The summed E-state index contributed by atoms with van der Waals surface area (Å²) in [6, 6.07) is 2.02. The molecule has 1 aliphatic heterocycles. The van der Waals surface area contributed by atoms with Gasteiger partial charge in [0.25, 0.3) is 0 Å². The molecule has 5 atom stereocenters. The molecule has 15 heteroatoms. The van der Waals surface area contributed by atoms with Crippen molar-refractivity contribution in [2.75, 3.05) is 32.2 Å². The molecule has 1 saturated carbocycles. The summed E-state index contributed by atoms with van der Waals surface area (Å²) in [5, 5.41) is 37.1. The lowest BCUT2D eigenvalue weighted by atomic mass is 10.1. The quantitative estimate of drug-likeness (QED) is 0.183. The minimum atomic E-state index is -4.98. The Labute approximate surface area is 206 Å². The Morgan fingerprint density at radius 3 is 2.66 bits per heavy atom. The van der Waals surface area contributed by atoms with Crippen molar-refractivity contribution in [1.82, 2.24) is 14.8 Å². The van der Waals surface area contributed by atoms with Gasteiger partial charge in [0, 0.05) is 13.2 Å². The molecule has 1 aliphatic carbocycles. The molecule has 13 nitrogen and oxygen atoms in total. The first-order chi connectivity index (χ1) is 16.6. The van der Waals surface area contributed by atoms with E-state index in [1.165, 1.54) is 11.8 Å². The Hall–Kier alpha value is -1.38. The van der Waals surface area contributed by atoms with Crippen LogP contribution in [0, 0.1) is 0 Å². The average molecular weight is 537 g/mol. The van der Waals surface area contributed by atoms with E-state index in [4.69, 9.17) is 25.8 Å². The van der Waals surface area contributed by atoms with Crippen LogP contribution in [0.3, 0.4) is 0 Å². The lowest BCUT2D eigenvalue weighted by molar-refractivity contribution is -0.125. The van der Waals surface area contributed by atoms with Crippen LogP contribution in [0.1, 0.15) is 31.9 Å². The van der Waals surface area contributed by atoms with Crippen molar-refractivity contribution in [3.05, 3.63) is 17.4 Å². The van der Waals surface area contributed by atoms with E-state index in [1.54, 1.807) is 12.3 Å². The topological polar surface area (TPSA) is 189 Å². The maximum atomic E-state index is 11.9. The van der Waals surface area contributed by atoms with Crippen LogP contribution in [0.5, 0.6) is 0 Å². The maximum absolute atomic E-state index is 11.9. The van der Waals surface area contributed by atoms with Crippen molar-refractivity contribution in [1.29, 1.82) is 0 Å². The first-order valence-corrected chi connectivity index (χ1v) is 13.2. The van der Waals surface area contributed by atoms with Gasteiger partial charge < -0.3 is 44.6 Å². The summed E-state index contributed by atoms with van der Waals surface area (Å²) >= 11 is 6.25. The van der Waals surface area contributed by atoms with Gasteiger partial charge in [0.15, 0.2) is 11.9 Å². The monoisotopic (exact) mass is 536 g/mol. The summed E-state index contributed by atoms with van der Waals surface area (Å²) in [5.41, 5.74) is 1.08. The zero-order chi connectivity index (χ0) is 25.4. The number of halogens is 1. The molecule has 0 amide bonds.